The van der Waals surface area contributed by atoms with Crippen LogP contribution in [0.1, 0.15) is 5.01 Å². The SMILES string of the molecule is CN(CCc1nccs1)c1nc2ccccc2nc1NS(=O)(=O)c1ccccc1. The molecule has 0 saturated carbocycles. The molecule has 0 bridgehead atoms. The molecular formula is C20H19N5O2S2. The van der Waals surface area contributed by atoms with Gasteiger partial charge < -0.3 is 4.90 Å². The highest BCUT2D eigenvalue weighted by atomic mass is 32.2. The third-order valence-electron chi connectivity index (χ3n) is 4.34. The second-order valence-corrected chi connectivity index (χ2v) is 9.06. The zero-order valence-corrected chi connectivity index (χ0v) is 17.3. The summed E-state index contributed by atoms with van der Waals surface area (Å²) in [7, 11) is -1.92. The highest BCUT2D eigenvalue weighted by Gasteiger charge is 2.20. The Morgan fingerprint density at radius 3 is 2.38 bits per heavy atom. The minimum Gasteiger partial charge on any atom is -0.356 e. The number of thiazole rings is 1. The Balaban J connectivity index is 1.70. The van der Waals surface area contributed by atoms with Crippen molar-refractivity contribution >= 4 is 44.0 Å². The average molecular weight is 426 g/mol. The van der Waals surface area contributed by atoms with Gasteiger partial charge in [0.05, 0.1) is 20.9 Å². The molecule has 1 N–H and O–H groups in total. The van der Waals surface area contributed by atoms with Gasteiger partial charge >= 0.3 is 0 Å². The number of benzene rings is 2. The number of hydrogen-bond acceptors (Lipinski definition) is 7. The lowest BCUT2D eigenvalue weighted by molar-refractivity contribution is 0.601. The molecule has 0 spiro atoms. The standard InChI is InChI=1S/C20H19N5O2S2/c1-25(13-11-18-21-12-14-28-18)20-19(22-16-9-5-6-10-17(16)23-20)24-29(26,27)15-7-3-2-4-8-15/h2-10,12,14H,11,13H2,1H3,(H,22,24). The van der Waals surface area contributed by atoms with Crippen molar-refractivity contribution < 1.29 is 8.42 Å². The Bertz CT molecular complexity index is 1210. The molecule has 2 heterocycles. The van der Waals surface area contributed by atoms with E-state index in [1.165, 1.54) is 0 Å². The lowest BCUT2D eigenvalue weighted by Gasteiger charge is -2.21. The summed E-state index contributed by atoms with van der Waals surface area (Å²) in [5.74, 6) is 0.675. The monoisotopic (exact) mass is 425 g/mol. The van der Waals surface area contributed by atoms with Crippen molar-refractivity contribution in [1.82, 2.24) is 15.0 Å². The van der Waals surface area contributed by atoms with Crippen molar-refractivity contribution in [1.29, 1.82) is 0 Å². The van der Waals surface area contributed by atoms with Crippen molar-refractivity contribution in [2.75, 3.05) is 23.2 Å². The summed E-state index contributed by atoms with van der Waals surface area (Å²) in [6.45, 7) is 0.626. The molecule has 0 aliphatic heterocycles. The molecule has 7 nitrogen and oxygen atoms in total. The largest absolute Gasteiger partial charge is 0.356 e. The van der Waals surface area contributed by atoms with Crippen LogP contribution in [0, 0.1) is 0 Å². The fourth-order valence-corrected chi connectivity index (χ4v) is 4.49. The number of likely N-dealkylation sites (N-methyl/N-ethyl adjacent to an activating group) is 1. The smallest absolute Gasteiger partial charge is 0.263 e. The van der Waals surface area contributed by atoms with Gasteiger partial charge in [0, 0.05) is 31.6 Å². The number of nitrogens with one attached hydrogen (secondary N) is 1. The second kappa shape index (κ2) is 8.14. The molecule has 4 rings (SSSR count). The quantitative estimate of drug-likeness (QED) is 0.487. The van der Waals surface area contributed by atoms with Crippen LogP contribution in [0.25, 0.3) is 11.0 Å². The molecule has 9 heteroatoms. The van der Waals surface area contributed by atoms with Crippen LogP contribution in [0.2, 0.25) is 0 Å². The molecule has 0 radical (unpaired) electrons. The molecule has 0 saturated heterocycles. The summed E-state index contributed by atoms with van der Waals surface area (Å²) < 4.78 is 28.3. The molecule has 0 atom stereocenters. The number of nitrogens with zero attached hydrogens (tertiary/aromatic N) is 4. The van der Waals surface area contributed by atoms with Crippen LogP contribution in [0.3, 0.4) is 0 Å². The number of hydrogen-bond donors (Lipinski definition) is 1. The van der Waals surface area contributed by atoms with Crippen LogP contribution < -0.4 is 9.62 Å². The third kappa shape index (κ3) is 4.36. The summed E-state index contributed by atoms with van der Waals surface area (Å²) in [6.07, 6.45) is 2.50. The molecular weight excluding hydrogens is 406 g/mol. The normalized spacial score (nSPS) is 11.5. The van der Waals surface area contributed by atoms with E-state index in [2.05, 4.69) is 19.7 Å². The van der Waals surface area contributed by atoms with Gasteiger partial charge in [-0.3, -0.25) is 4.72 Å². The number of sulfonamides is 1. The number of para-hydroxylation sites is 2. The molecule has 0 unspecified atom stereocenters. The Labute approximate surface area is 173 Å². The summed E-state index contributed by atoms with van der Waals surface area (Å²) >= 11 is 1.59. The predicted molar refractivity (Wildman–Crippen MR) is 116 cm³/mol. The molecule has 0 aliphatic carbocycles. The zero-order valence-electron chi connectivity index (χ0n) is 15.7. The van der Waals surface area contributed by atoms with E-state index < -0.39 is 10.0 Å². The molecule has 0 aliphatic rings. The van der Waals surface area contributed by atoms with E-state index in [-0.39, 0.29) is 10.7 Å². The van der Waals surface area contributed by atoms with Crippen LogP contribution >= 0.6 is 11.3 Å². The van der Waals surface area contributed by atoms with Gasteiger partial charge in [0.1, 0.15) is 0 Å². The third-order valence-corrected chi connectivity index (χ3v) is 6.54. The lowest BCUT2D eigenvalue weighted by Crippen LogP contribution is -2.25. The van der Waals surface area contributed by atoms with E-state index in [1.54, 1.807) is 47.9 Å². The van der Waals surface area contributed by atoms with Crippen molar-refractivity contribution in [3.8, 4) is 0 Å². The fourth-order valence-electron chi connectivity index (χ4n) is 2.86. The zero-order chi connectivity index (χ0) is 20.3. The van der Waals surface area contributed by atoms with Gasteiger partial charge in [0.15, 0.2) is 11.6 Å². The first kappa shape index (κ1) is 19.3. The van der Waals surface area contributed by atoms with E-state index in [1.807, 2.05) is 41.6 Å². The van der Waals surface area contributed by atoms with Crippen molar-refractivity contribution in [2.45, 2.75) is 11.3 Å². The Kier molecular flexibility index (Phi) is 5.41. The van der Waals surface area contributed by atoms with Crippen molar-refractivity contribution in [2.24, 2.45) is 0 Å². The van der Waals surface area contributed by atoms with Crippen LogP contribution in [0.15, 0.2) is 71.1 Å². The highest BCUT2D eigenvalue weighted by Crippen LogP contribution is 2.27. The van der Waals surface area contributed by atoms with E-state index in [4.69, 9.17) is 0 Å². The first-order valence-electron chi connectivity index (χ1n) is 8.97. The van der Waals surface area contributed by atoms with Crippen molar-refractivity contribution in [3.05, 3.63) is 71.2 Å². The van der Waals surface area contributed by atoms with Gasteiger partial charge in [-0.05, 0) is 24.3 Å². The maximum Gasteiger partial charge on any atom is 0.263 e. The van der Waals surface area contributed by atoms with Gasteiger partial charge in [0.2, 0.25) is 0 Å². The van der Waals surface area contributed by atoms with Crippen LogP contribution in [0.4, 0.5) is 11.6 Å². The summed E-state index contributed by atoms with van der Waals surface area (Å²) in [5.41, 5.74) is 1.32. The number of aromatic nitrogens is 3. The maximum absolute atomic E-state index is 12.9. The summed E-state index contributed by atoms with van der Waals surface area (Å²) in [5, 5.41) is 2.95. The number of rotatable bonds is 7. The molecule has 0 fully saturated rings. The Hall–Kier alpha value is -3.04. The molecule has 29 heavy (non-hydrogen) atoms. The maximum atomic E-state index is 12.9. The molecule has 0 amide bonds. The van der Waals surface area contributed by atoms with E-state index in [0.717, 1.165) is 11.4 Å². The van der Waals surface area contributed by atoms with Gasteiger partial charge in [-0.1, -0.05) is 30.3 Å². The van der Waals surface area contributed by atoms with Gasteiger partial charge in [-0.25, -0.2) is 23.4 Å². The van der Waals surface area contributed by atoms with Crippen molar-refractivity contribution in [3.63, 3.8) is 0 Å². The Morgan fingerprint density at radius 1 is 1.00 bits per heavy atom. The first-order chi connectivity index (χ1) is 14.0. The molecule has 148 valence electrons. The minimum absolute atomic E-state index is 0.173. The predicted octanol–water partition coefficient (Wildman–Crippen LogP) is 3.57. The van der Waals surface area contributed by atoms with Crippen LogP contribution in [0.5, 0.6) is 0 Å². The highest BCUT2D eigenvalue weighted by molar-refractivity contribution is 7.92. The van der Waals surface area contributed by atoms with E-state index >= 15 is 0 Å². The Morgan fingerprint density at radius 2 is 1.69 bits per heavy atom. The van der Waals surface area contributed by atoms with E-state index in [0.29, 0.717) is 23.4 Å². The van der Waals surface area contributed by atoms with Crippen LogP contribution in [-0.2, 0) is 16.4 Å². The average Bonchev–Trinajstić information content (AvgIpc) is 3.25. The van der Waals surface area contributed by atoms with Crippen LogP contribution in [-0.4, -0.2) is 37.0 Å². The first-order valence-corrected chi connectivity index (χ1v) is 11.3. The summed E-state index contributed by atoms with van der Waals surface area (Å²) in [4.78, 5) is 15.6. The molecule has 2 aromatic heterocycles. The van der Waals surface area contributed by atoms with Gasteiger partial charge in [-0.2, -0.15) is 0 Å². The number of anilines is 2. The number of fused-ring (bicyclic) bond motifs is 1. The van der Waals surface area contributed by atoms with E-state index in [9.17, 15) is 8.42 Å². The van der Waals surface area contributed by atoms with Gasteiger partial charge in [-0.15, -0.1) is 11.3 Å². The molecule has 2 aromatic carbocycles. The lowest BCUT2D eigenvalue weighted by atomic mass is 10.3. The molecule has 4 aromatic rings. The summed E-state index contributed by atoms with van der Waals surface area (Å²) in [6, 6.07) is 15.6. The van der Waals surface area contributed by atoms with Gasteiger partial charge in [0.25, 0.3) is 10.0 Å². The minimum atomic E-state index is -3.79. The topological polar surface area (TPSA) is 88.1 Å². The second-order valence-electron chi connectivity index (χ2n) is 6.40. The fraction of sp³-hybridized carbons (Fsp3) is 0.150.